The van der Waals surface area contributed by atoms with Gasteiger partial charge in [-0.05, 0) is 40.6 Å². The summed E-state index contributed by atoms with van der Waals surface area (Å²) in [7, 11) is 0. The van der Waals surface area contributed by atoms with Gasteiger partial charge in [-0.1, -0.05) is 29.1 Å². The number of amides is 1. The Balaban J connectivity index is 1.71. The Morgan fingerprint density at radius 1 is 1.12 bits per heavy atom. The molecule has 0 radical (unpaired) electrons. The van der Waals surface area contributed by atoms with Crippen LogP contribution in [0.4, 0.5) is 18.9 Å². The lowest BCUT2D eigenvalue weighted by molar-refractivity contribution is -0.793. The summed E-state index contributed by atoms with van der Waals surface area (Å²) in [6.07, 6.45) is -4.45. The van der Waals surface area contributed by atoms with Crippen LogP contribution >= 0.6 is 0 Å². The number of benzene rings is 2. The average molecular weight is 348 g/mol. The molecule has 0 unspecified atom stereocenters. The highest BCUT2D eigenvalue weighted by Crippen LogP contribution is 2.31. The maximum Gasteiger partial charge on any atom is 0.416 e. The van der Waals surface area contributed by atoms with Gasteiger partial charge in [-0.2, -0.15) is 13.2 Å². The Bertz CT molecular complexity index is 877. The highest BCUT2D eigenvalue weighted by Gasteiger charge is 2.31. The van der Waals surface area contributed by atoms with E-state index in [1.807, 2.05) is 6.07 Å². The number of hydrogen-bond donors (Lipinski definition) is 2. The molecule has 0 saturated carbocycles. The number of aromatic amines is 1. The first-order valence-electron chi connectivity index (χ1n) is 7.27. The molecule has 0 spiro atoms. The summed E-state index contributed by atoms with van der Waals surface area (Å²) in [4.78, 5) is 13.1. The molecule has 0 fully saturated rings. The molecule has 3 rings (SSSR count). The molecular formula is C16H13F3N5O+. The molecule has 0 bridgehead atoms. The number of anilines is 1. The van der Waals surface area contributed by atoms with Gasteiger partial charge in [0, 0.05) is 5.69 Å². The molecule has 128 valence electrons. The number of para-hydroxylation sites is 1. The van der Waals surface area contributed by atoms with Gasteiger partial charge in [-0.3, -0.25) is 4.79 Å². The number of aromatic nitrogens is 4. The Labute approximate surface area is 140 Å². The molecule has 25 heavy (non-hydrogen) atoms. The molecule has 1 aromatic heterocycles. The normalized spacial score (nSPS) is 11.3. The quantitative estimate of drug-likeness (QED) is 0.711. The van der Waals surface area contributed by atoms with Crippen molar-refractivity contribution in [3.8, 4) is 11.4 Å². The molecule has 2 aromatic carbocycles. The van der Waals surface area contributed by atoms with Crippen molar-refractivity contribution in [1.82, 2.24) is 15.4 Å². The molecule has 1 amide bonds. The van der Waals surface area contributed by atoms with E-state index in [2.05, 4.69) is 20.7 Å². The lowest BCUT2D eigenvalue weighted by atomic mass is 10.1. The third kappa shape index (κ3) is 4.19. The average Bonchev–Trinajstić information content (AvgIpc) is 3.03. The van der Waals surface area contributed by atoms with Crippen molar-refractivity contribution in [2.24, 2.45) is 0 Å². The number of nitrogens with one attached hydrogen (secondary N) is 2. The molecule has 0 saturated heterocycles. The van der Waals surface area contributed by atoms with Crippen molar-refractivity contribution >= 4 is 11.6 Å². The number of H-pyrrole nitrogens is 1. The van der Waals surface area contributed by atoms with Gasteiger partial charge >= 0.3 is 12.0 Å². The van der Waals surface area contributed by atoms with Crippen LogP contribution in [-0.2, 0) is 17.5 Å². The van der Waals surface area contributed by atoms with Crippen molar-refractivity contribution in [2.75, 3.05) is 5.32 Å². The zero-order valence-corrected chi connectivity index (χ0v) is 12.8. The van der Waals surface area contributed by atoms with Gasteiger partial charge in [-0.15, -0.1) is 0 Å². The van der Waals surface area contributed by atoms with E-state index < -0.39 is 11.7 Å². The summed E-state index contributed by atoms with van der Waals surface area (Å²) < 4.78 is 38.3. The minimum atomic E-state index is -4.45. The Hall–Kier alpha value is -3.23. The second kappa shape index (κ2) is 6.71. The summed E-state index contributed by atoms with van der Waals surface area (Å²) in [5.41, 5.74) is 0.0437. The third-order valence-electron chi connectivity index (χ3n) is 3.29. The fourth-order valence-electron chi connectivity index (χ4n) is 2.15. The lowest BCUT2D eigenvalue weighted by Gasteiger charge is -2.05. The monoisotopic (exact) mass is 348 g/mol. The van der Waals surface area contributed by atoms with Crippen LogP contribution in [-0.4, -0.2) is 21.3 Å². The molecule has 9 heteroatoms. The number of hydrogen-bond acceptors (Lipinski definition) is 3. The third-order valence-corrected chi connectivity index (χ3v) is 3.29. The van der Waals surface area contributed by atoms with Gasteiger partial charge in [0.1, 0.15) is 0 Å². The predicted octanol–water partition coefficient (Wildman–Crippen LogP) is 2.42. The highest BCUT2D eigenvalue weighted by molar-refractivity contribution is 5.89. The zero-order chi connectivity index (χ0) is 17.9. The molecule has 0 atom stereocenters. The van der Waals surface area contributed by atoms with Crippen LogP contribution in [0.2, 0.25) is 0 Å². The van der Waals surface area contributed by atoms with E-state index in [1.165, 1.54) is 12.1 Å². The van der Waals surface area contributed by atoms with E-state index in [0.717, 1.165) is 16.9 Å². The second-order valence-corrected chi connectivity index (χ2v) is 5.19. The first-order valence-corrected chi connectivity index (χ1v) is 7.27. The summed E-state index contributed by atoms with van der Waals surface area (Å²) >= 11 is 0. The maximum absolute atomic E-state index is 12.8. The lowest BCUT2D eigenvalue weighted by Crippen LogP contribution is -2.44. The van der Waals surface area contributed by atoms with Gasteiger partial charge in [0.05, 0.1) is 16.2 Å². The van der Waals surface area contributed by atoms with Crippen LogP contribution in [0.15, 0.2) is 54.6 Å². The smallest absolute Gasteiger partial charge is 0.323 e. The summed E-state index contributed by atoms with van der Waals surface area (Å²) in [5.74, 6) is -0.276. The Morgan fingerprint density at radius 2 is 1.88 bits per heavy atom. The number of tetrazole rings is 1. The van der Waals surface area contributed by atoms with Gasteiger partial charge in [-0.25, -0.2) is 0 Å². The molecule has 3 aromatic rings. The number of nitrogens with zero attached hydrogens (tertiary/aromatic N) is 3. The van der Waals surface area contributed by atoms with E-state index in [-0.39, 0.29) is 23.8 Å². The van der Waals surface area contributed by atoms with E-state index in [9.17, 15) is 18.0 Å². The largest absolute Gasteiger partial charge is 0.416 e. The predicted molar refractivity (Wildman–Crippen MR) is 82.1 cm³/mol. The molecule has 2 N–H and O–H groups in total. The van der Waals surface area contributed by atoms with E-state index in [1.54, 1.807) is 24.3 Å². The SMILES string of the molecule is O=C(C[n+]1nc(-c2cccc(C(F)(F)F)c2)n[nH]1)Nc1ccccc1. The van der Waals surface area contributed by atoms with E-state index in [4.69, 9.17) is 0 Å². The van der Waals surface area contributed by atoms with Crippen LogP contribution in [0.1, 0.15) is 5.56 Å². The van der Waals surface area contributed by atoms with E-state index >= 15 is 0 Å². The molecule has 1 heterocycles. The first-order chi connectivity index (χ1) is 11.9. The fourth-order valence-corrected chi connectivity index (χ4v) is 2.15. The first kappa shape index (κ1) is 16.6. The van der Waals surface area contributed by atoms with Crippen LogP contribution in [0, 0.1) is 0 Å². The van der Waals surface area contributed by atoms with Gasteiger partial charge in [0.25, 0.3) is 5.91 Å². The van der Waals surface area contributed by atoms with Crippen molar-refractivity contribution in [3.63, 3.8) is 0 Å². The van der Waals surface area contributed by atoms with Crippen molar-refractivity contribution in [2.45, 2.75) is 12.7 Å². The second-order valence-electron chi connectivity index (χ2n) is 5.19. The summed E-state index contributed by atoms with van der Waals surface area (Å²) in [6.45, 7) is -0.152. The number of carbonyl (C=O) groups is 1. The molecule has 0 aliphatic heterocycles. The fraction of sp³-hybridized carbons (Fsp3) is 0.125. The summed E-state index contributed by atoms with van der Waals surface area (Å²) in [6, 6.07) is 13.5. The number of rotatable bonds is 4. The minimum absolute atomic E-state index is 0.0682. The van der Waals surface area contributed by atoms with Crippen molar-refractivity contribution in [1.29, 1.82) is 0 Å². The van der Waals surface area contributed by atoms with Crippen LogP contribution in [0.25, 0.3) is 11.4 Å². The minimum Gasteiger partial charge on any atom is -0.323 e. The summed E-state index contributed by atoms with van der Waals surface area (Å²) in [5, 5.41) is 13.0. The van der Waals surface area contributed by atoms with E-state index in [0.29, 0.717) is 5.69 Å². The molecule has 0 aliphatic rings. The molecule has 6 nitrogen and oxygen atoms in total. The number of carbonyl (C=O) groups excluding carboxylic acids is 1. The van der Waals surface area contributed by atoms with Crippen LogP contribution < -0.4 is 10.1 Å². The Morgan fingerprint density at radius 3 is 2.60 bits per heavy atom. The van der Waals surface area contributed by atoms with Crippen molar-refractivity contribution < 1.29 is 22.8 Å². The van der Waals surface area contributed by atoms with Gasteiger partial charge in [0.2, 0.25) is 6.54 Å². The Kier molecular flexibility index (Phi) is 4.46. The standard InChI is InChI=1S/C16H12F3N5O/c17-16(18,19)12-6-4-5-11(9-12)15-21-23-24(22-15)10-14(25)20-13-7-2-1-3-8-13/h1-9H,10H2,(H,20,25)/p+1. The van der Waals surface area contributed by atoms with Crippen LogP contribution in [0.5, 0.6) is 0 Å². The van der Waals surface area contributed by atoms with Crippen LogP contribution in [0.3, 0.4) is 0 Å². The maximum atomic E-state index is 12.8. The van der Waals surface area contributed by atoms with Gasteiger partial charge in [0.15, 0.2) is 0 Å². The number of alkyl halides is 3. The topological polar surface area (TPSA) is 74.5 Å². The highest BCUT2D eigenvalue weighted by atomic mass is 19.4. The number of halogens is 3. The van der Waals surface area contributed by atoms with Crippen molar-refractivity contribution in [3.05, 3.63) is 60.2 Å². The molecular weight excluding hydrogens is 335 g/mol. The molecule has 0 aliphatic carbocycles. The zero-order valence-electron chi connectivity index (χ0n) is 12.8. The van der Waals surface area contributed by atoms with Gasteiger partial charge < -0.3 is 5.32 Å².